The Hall–Kier alpha value is -4.19. The van der Waals surface area contributed by atoms with E-state index in [-0.39, 0.29) is 34.0 Å². The van der Waals surface area contributed by atoms with Crippen molar-refractivity contribution in [1.29, 1.82) is 5.26 Å². The molecular weight excluding hydrogens is 610 g/mol. The van der Waals surface area contributed by atoms with Gasteiger partial charge in [-0.15, -0.1) is 0 Å². The molecule has 6 rings (SSSR count). The summed E-state index contributed by atoms with van der Waals surface area (Å²) in [5, 5.41) is 9.78. The van der Waals surface area contributed by atoms with Crippen LogP contribution in [0.3, 0.4) is 0 Å². The Balaban J connectivity index is 1.15. The summed E-state index contributed by atoms with van der Waals surface area (Å²) >= 11 is 0. The van der Waals surface area contributed by atoms with E-state index >= 15 is 0 Å². The van der Waals surface area contributed by atoms with Crippen LogP contribution in [0.4, 0.5) is 0 Å². The molecule has 1 spiro atoms. The number of allylic oxidation sites excluding steroid dienone is 1. The summed E-state index contributed by atoms with van der Waals surface area (Å²) in [6, 6.07) is 15.1. The van der Waals surface area contributed by atoms with Gasteiger partial charge in [-0.25, -0.2) is 0 Å². The van der Waals surface area contributed by atoms with Crippen molar-refractivity contribution in [1.82, 2.24) is 19.3 Å². The summed E-state index contributed by atoms with van der Waals surface area (Å²) < 4.78 is 7.58. The molecule has 1 aliphatic carbocycles. The molecule has 1 atom stereocenters. The molecule has 2 aromatic carbocycles. The first-order chi connectivity index (χ1) is 23.2. The molecule has 0 N–H and O–H groups in total. The molecule has 1 saturated heterocycles. The Morgan fingerprint density at radius 1 is 1.06 bits per heavy atom. The van der Waals surface area contributed by atoms with E-state index in [1.54, 1.807) is 24.8 Å². The summed E-state index contributed by atoms with van der Waals surface area (Å²) in [4.78, 5) is 33.0. The zero-order valence-corrected chi connectivity index (χ0v) is 30.5. The van der Waals surface area contributed by atoms with Gasteiger partial charge in [0.1, 0.15) is 17.4 Å². The number of rotatable bonds is 7. The van der Waals surface area contributed by atoms with Crippen LogP contribution in [0.15, 0.2) is 59.0 Å². The summed E-state index contributed by atoms with van der Waals surface area (Å²) in [6.07, 6.45) is 6.93. The second-order valence-electron chi connectivity index (χ2n) is 15.5. The zero-order chi connectivity index (χ0) is 35.2. The monoisotopic (exact) mass is 661 g/mol. The SMILES string of the molecule is COc1cc(-c2cn(C)c(=O)c(C)c2C)ccc1CN1CCN(Cc2cccc3c2CCN(C(=O)C(C#N)=CC(C)(C)C)C3C)C2(CC2)C1. The Kier molecular flexibility index (Phi) is 9.38. The molecule has 3 aromatic rings. The van der Waals surface area contributed by atoms with Crippen LogP contribution in [0, 0.1) is 30.6 Å². The van der Waals surface area contributed by atoms with Crippen LogP contribution >= 0.6 is 0 Å². The number of nitriles is 1. The van der Waals surface area contributed by atoms with E-state index < -0.39 is 0 Å². The topological polar surface area (TPSA) is 81.8 Å². The number of aromatic nitrogens is 1. The second-order valence-corrected chi connectivity index (χ2v) is 15.5. The highest BCUT2D eigenvalue weighted by atomic mass is 16.5. The fourth-order valence-corrected chi connectivity index (χ4v) is 7.95. The predicted molar refractivity (Wildman–Crippen MR) is 194 cm³/mol. The van der Waals surface area contributed by atoms with Crippen molar-refractivity contribution in [3.05, 3.63) is 98.0 Å². The third-order valence-corrected chi connectivity index (χ3v) is 11.0. The normalized spacial score (nSPS) is 19.4. The van der Waals surface area contributed by atoms with E-state index in [0.29, 0.717) is 6.54 Å². The van der Waals surface area contributed by atoms with Crippen LogP contribution in [0.2, 0.25) is 0 Å². The van der Waals surface area contributed by atoms with Gasteiger partial charge in [-0.05, 0) is 79.3 Å². The van der Waals surface area contributed by atoms with E-state index in [0.717, 1.165) is 67.1 Å². The molecule has 3 aliphatic rings. The minimum Gasteiger partial charge on any atom is -0.496 e. The third-order valence-electron chi connectivity index (χ3n) is 11.0. The average Bonchev–Trinajstić information content (AvgIpc) is 3.84. The van der Waals surface area contributed by atoms with Gasteiger partial charge in [0.05, 0.1) is 13.2 Å². The molecule has 3 heterocycles. The minimum absolute atomic E-state index is 0.0395. The number of piperazine rings is 1. The number of aryl methyl sites for hydroxylation is 1. The number of ether oxygens (including phenoxy) is 1. The van der Waals surface area contributed by atoms with Gasteiger partial charge in [0.25, 0.3) is 11.5 Å². The average molecular weight is 662 g/mol. The number of nitrogens with zero attached hydrogens (tertiary/aromatic N) is 5. The Morgan fingerprint density at radius 2 is 1.82 bits per heavy atom. The van der Waals surface area contributed by atoms with Crippen LogP contribution in [0.1, 0.15) is 80.0 Å². The number of benzene rings is 2. The first kappa shape index (κ1) is 34.7. The number of methoxy groups -OCH3 is 1. The fourth-order valence-electron chi connectivity index (χ4n) is 7.95. The molecule has 2 aliphatic heterocycles. The molecule has 8 heteroatoms. The number of pyridine rings is 1. The van der Waals surface area contributed by atoms with Crippen molar-refractivity contribution in [3.8, 4) is 22.9 Å². The molecule has 1 amide bonds. The maximum absolute atomic E-state index is 13.5. The molecule has 2 fully saturated rings. The van der Waals surface area contributed by atoms with E-state index in [1.807, 2.05) is 45.7 Å². The molecule has 49 heavy (non-hydrogen) atoms. The summed E-state index contributed by atoms with van der Waals surface area (Å²) in [6.45, 7) is 17.4. The lowest BCUT2D eigenvalue weighted by Gasteiger charge is -2.43. The highest BCUT2D eigenvalue weighted by Gasteiger charge is 2.51. The number of amides is 1. The van der Waals surface area contributed by atoms with Crippen LogP contribution < -0.4 is 10.3 Å². The standard InChI is InChI=1S/C41H51N5O3/c1-27-28(2)38(47)43(7)25-36(27)30-12-13-32(37(20-30)49-8)23-44-18-19-45(41(26-44)15-16-41)24-31-10-9-11-34-29(3)46(17-14-35(31)34)39(48)33(22-42)21-40(4,5)6/h9-13,20-21,25,29H,14-19,23-24,26H2,1-8H3. The lowest BCUT2D eigenvalue weighted by molar-refractivity contribution is -0.129. The van der Waals surface area contributed by atoms with Gasteiger partial charge in [0.2, 0.25) is 0 Å². The van der Waals surface area contributed by atoms with Gasteiger partial charge in [-0.3, -0.25) is 19.4 Å². The van der Waals surface area contributed by atoms with Gasteiger partial charge < -0.3 is 14.2 Å². The third kappa shape index (κ3) is 6.84. The molecule has 0 radical (unpaired) electrons. The molecule has 1 saturated carbocycles. The van der Waals surface area contributed by atoms with Crippen molar-refractivity contribution in [3.63, 3.8) is 0 Å². The summed E-state index contributed by atoms with van der Waals surface area (Å²) in [5.41, 5.74) is 9.22. The Bertz CT molecular complexity index is 1910. The molecule has 8 nitrogen and oxygen atoms in total. The van der Waals surface area contributed by atoms with Gasteiger partial charge in [0, 0.05) is 74.7 Å². The van der Waals surface area contributed by atoms with E-state index in [9.17, 15) is 14.9 Å². The van der Waals surface area contributed by atoms with Crippen molar-refractivity contribution < 1.29 is 9.53 Å². The first-order valence-corrected chi connectivity index (χ1v) is 17.6. The minimum atomic E-state index is -0.242. The number of hydrogen-bond acceptors (Lipinski definition) is 6. The van der Waals surface area contributed by atoms with Crippen molar-refractivity contribution >= 4 is 5.91 Å². The molecule has 1 aromatic heterocycles. The van der Waals surface area contributed by atoms with Gasteiger partial charge in [-0.2, -0.15) is 5.26 Å². The van der Waals surface area contributed by atoms with Crippen LogP contribution in [-0.2, 0) is 31.4 Å². The Morgan fingerprint density at radius 3 is 2.49 bits per heavy atom. The highest BCUT2D eigenvalue weighted by molar-refractivity contribution is 5.97. The number of hydrogen-bond donors (Lipinski definition) is 0. The summed E-state index contributed by atoms with van der Waals surface area (Å²) in [7, 11) is 3.54. The van der Waals surface area contributed by atoms with Gasteiger partial charge >= 0.3 is 0 Å². The van der Waals surface area contributed by atoms with Crippen LogP contribution in [0.25, 0.3) is 11.1 Å². The van der Waals surface area contributed by atoms with E-state index in [1.165, 1.54) is 35.1 Å². The molecule has 0 bridgehead atoms. The van der Waals surface area contributed by atoms with Crippen molar-refractivity contribution in [2.24, 2.45) is 12.5 Å². The summed E-state index contributed by atoms with van der Waals surface area (Å²) in [5.74, 6) is 0.710. The second kappa shape index (κ2) is 13.3. The predicted octanol–water partition coefficient (Wildman–Crippen LogP) is 6.47. The lowest BCUT2D eigenvalue weighted by atomic mass is 9.88. The molecule has 1 unspecified atom stereocenters. The molecular formula is C41H51N5O3. The van der Waals surface area contributed by atoms with Crippen LogP contribution in [0.5, 0.6) is 5.75 Å². The number of fused-ring (bicyclic) bond motifs is 1. The first-order valence-electron chi connectivity index (χ1n) is 17.6. The highest BCUT2D eigenvalue weighted by Crippen LogP contribution is 2.46. The fraction of sp³-hybridized carbons (Fsp3) is 0.488. The quantitative estimate of drug-likeness (QED) is 0.213. The zero-order valence-electron chi connectivity index (χ0n) is 30.5. The number of carbonyl (C=O) groups excluding carboxylic acids is 1. The van der Waals surface area contributed by atoms with Gasteiger partial charge in [0.15, 0.2) is 0 Å². The maximum Gasteiger partial charge on any atom is 0.264 e. The van der Waals surface area contributed by atoms with Crippen LogP contribution in [-0.4, -0.2) is 64.0 Å². The lowest BCUT2D eigenvalue weighted by Crippen LogP contribution is -2.54. The Labute approximate surface area is 291 Å². The largest absolute Gasteiger partial charge is 0.496 e. The van der Waals surface area contributed by atoms with Crippen molar-refractivity contribution in [2.45, 2.75) is 85.5 Å². The van der Waals surface area contributed by atoms with Gasteiger partial charge in [-0.1, -0.05) is 57.2 Å². The maximum atomic E-state index is 13.5. The van der Waals surface area contributed by atoms with Crippen molar-refractivity contribution in [2.75, 3.05) is 33.3 Å². The van der Waals surface area contributed by atoms with E-state index in [4.69, 9.17) is 4.74 Å². The molecule has 258 valence electrons. The number of carbonyl (C=O) groups is 1. The van der Waals surface area contributed by atoms with E-state index in [2.05, 4.69) is 59.2 Å². The smallest absolute Gasteiger partial charge is 0.264 e.